The van der Waals surface area contributed by atoms with Gasteiger partial charge in [0.2, 0.25) is 15.6 Å². The van der Waals surface area contributed by atoms with Gasteiger partial charge in [-0.15, -0.1) is 0 Å². The molecular weight excluding hydrogens is 560 g/mol. The van der Waals surface area contributed by atoms with Crippen molar-refractivity contribution in [3.05, 3.63) is 112 Å². The fraction of sp³-hybridized carbons (Fsp3) is 0.207. The number of H-pyrrole nitrogens is 1. The minimum Gasteiger partial charge on any atom is -0.315 e. The molecule has 7 nitrogen and oxygen atoms in total. The fourth-order valence-corrected chi connectivity index (χ4v) is 6.80. The van der Waals surface area contributed by atoms with Gasteiger partial charge in [-0.25, -0.2) is 17.8 Å². The number of carbonyl (C=O) groups excluding carboxylic acids is 1. The van der Waals surface area contributed by atoms with Gasteiger partial charge in [0.1, 0.15) is 11.5 Å². The Kier molecular flexibility index (Phi) is 6.42. The van der Waals surface area contributed by atoms with E-state index in [-0.39, 0.29) is 11.3 Å². The van der Waals surface area contributed by atoms with E-state index in [0.29, 0.717) is 37.6 Å². The molecule has 210 valence electrons. The second-order valence-corrected chi connectivity index (χ2v) is 12.0. The van der Waals surface area contributed by atoms with Gasteiger partial charge in [0, 0.05) is 17.5 Å². The molecule has 0 bridgehead atoms. The van der Waals surface area contributed by atoms with Crippen molar-refractivity contribution in [1.82, 2.24) is 20.5 Å². The number of benzene rings is 2. The Hall–Kier alpha value is -4.16. The molecule has 41 heavy (non-hydrogen) atoms. The Labute approximate surface area is 232 Å². The van der Waals surface area contributed by atoms with Crippen LogP contribution in [0.4, 0.5) is 17.6 Å². The average molecular weight is 583 g/mol. The van der Waals surface area contributed by atoms with Crippen LogP contribution in [0.25, 0.3) is 6.08 Å². The van der Waals surface area contributed by atoms with Gasteiger partial charge in [-0.3, -0.25) is 9.89 Å². The van der Waals surface area contributed by atoms with Crippen molar-refractivity contribution < 1.29 is 30.8 Å². The minimum absolute atomic E-state index is 0.0827. The minimum atomic E-state index is -4.75. The van der Waals surface area contributed by atoms with Crippen LogP contribution in [0.1, 0.15) is 44.9 Å². The van der Waals surface area contributed by atoms with E-state index in [9.17, 15) is 30.8 Å². The van der Waals surface area contributed by atoms with E-state index in [0.717, 1.165) is 47.2 Å². The number of nitrogens with one attached hydrogen (secondary N) is 2. The Morgan fingerprint density at radius 3 is 2.56 bits per heavy atom. The van der Waals surface area contributed by atoms with Crippen molar-refractivity contribution in [3.8, 4) is 0 Å². The van der Waals surface area contributed by atoms with Crippen LogP contribution in [-0.2, 0) is 27.8 Å². The second-order valence-electron chi connectivity index (χ2n) is 10.1. The summed E-state index contributed by atoms with van der Waals surface area (Å²) < 4.78 is 80.8. The summed E-state index contributed by atoms with van der Waals surface area (Å²) in [6, 6.07) is 10.9. The molecular formula is C29H22F4N4O3S. The van der Waals surface area contributed by atoms with Gasteiger partial charge in [-0.1, -0.05) is 17.7 Å². The Morgan fingerprint density at radius 2 is 1.80 bits per heavy atom. The summed E-state index contributed by atoms with van der Waals surface area (Å²) in [5, 5.41) is 9.90. The molecule has 4 aromatic rings. The number of ketones is 1. The van der Waals surface area contributed by atoms with Crippen molar-refractivity contribution in [2.75, 3.05) is 13.1 Å². The van der Waals surface area contributed by atoms with E-state index < -0.39 is 48.5 Å². The lowest BCUT2D eigenvalue weighted by Gasteiger charge is -2.43. The zero-order valence-electron chi connectivity index (χ0n) is 21.3. The van der Waals surface area contributed by atoms with Crippen molar-refractivity contribution in [3.63, 3.8) is 0 Å². The maximum atomic E-state index is 13.9. The van der Waals surface area contributed by atoms with Crippen LogP contribution < -0.4 is 5.32 Å². The summed E-state index contributed by atoms with van der Waals surface area (Å²) in [6.07, 6.45) is 0.0114. The van der Waals surface area contributed by atoms with Gasteiger partial charge in [0.25, 0.3) is 0 Å². The lowest BCUT2D eigenvalue weighted by molar-refractivity contribution is -0.137. The highest BCUT2D eigenvalue weighted by Crippen LogP contribution is 2.45. The lowest BCUT2D eigenvalue weighted by atomic mass is 9.64. The summed E-state index contributed by atoms with van der Waals surface area (Å²) in [5.74, 6) is -1.20. The molecule has 2 N–H and O–H groups in total. The number of pyridine rings is 1. The molecule has 1 fully saturated rings. The Morgan fingerprint density at radius 1 is 1.02 bits per heavy atom. The molecule has 12 heteroatoms. The maximum Gasteiger partial charge on any atom is 0.416 e. The molecule has 1 aliphatic carbocycles. The first-order valence-corrected chi connectivity index (χ1v) is 14.2. The van der Waals surface area contributed by atoms with Crippen LogP contribution in [0.15, 0.2) is 82.4 Å². The number of hydrogen-bond donors (Lipinski definition) is 2. The van der Waals surface area contributed by atoms with Gasteiger partial charge in [-0.2, -0.15) is 18.3 Å². The number of piperidine rings is 1. The number of sulfone groups is 1. The number of halogens is 4. The van der Waals surface area contributed by atoms with Crippen LogP contribution in [0, 0.1) is 5.82 Å². The number of nitrogens with zero attached hydrogens (tertiary/aromatic N) is 2. The number of fused-ring (bicyclic) bond motifs is 2. The third kappa shape index (κ3) is 4.66. The zero-order valence-corrected chi connectivity index (χ0v) is 22.1. The number of carbonyl (C=O) groups is 1. The van der Waals surface area contributed by atoms with Gasteiger partial charge in [0.15, 0.2) is 5.03 Å². The van der Waals surface area contributed by atoms with E-state index in [4.69, 9.17) is 0 Å². The highest BCUT2D eigenvalue weighted by Gasteiger charge is 2.44. The van der Waals surface area contributed by atoms with Crippen LogP contribution in [-0.4, -0.2) is 42.5 Å². The van der Waals surface area contributed by atoms with E-state index in [1.807, 2.05) is 6.08 Å². The molecule has 1 aliphatic heterocycles. The maximum absolute atomic E-state index is 13.9. The molecule has 2 aliphatic rings. The van der Waals surface area contributed by atoms with Gasteiger partial charge in [0.05, 0.1) is 22.3 Å². The summed E-state index contributed by atoms with van der Waals surface area (Å²) in [7, 11) is -4.55. The average Bonchev–Trinajstić information content (AvgIpc) is 3.42. The van der Waals surface area contributed by atoms with Gasteiger partial charge >= 0.3 is 6.18 Å². The lowest BCUT2D eigenvalue weighted by Crippen LogP contribution is -2.48. The SMILES string of the molecule is O=C(c1ccc(F)cc1)c1nc(S(=O)(=O)c2cccc(C(F)(F)F)c2)ccc1[C@]12CNCCC1=Cc1[nH]ncc1C2. The first kappa shape index (κ1) is 27.0. The van der Waals surface area contributed by atoms with Gasteiger partial charge < -0.3 is 5.32 Å². The molecule has 0 amide bonds. The second kappa shape index (κ2) is 9.74. The number of rotatable bonds is 5. The largest absolute Gasteiger partial charge is 0.416 e. The molecule has 1 atom stereocenters. The van der Waals surface area contributed by atoms with E-state index >= 15 is 0 Å². The quantitative estimate of drug-likeness (QED) is 0.256. The molecule has 2 aromatic heterocycles. The number of aromatic amines is 1. The monoisotopic (exact) mass is 582 g/mol. The normalized spacial score (nSPS) is 18.8. The van der Waals surface area contributed by atoms with Crippen LogP contribution in [0.5, 0.6) is 0 Å². The molecule has 0 unspecified atom stereocenters. The highest BCUT2D eigenvalue weighted by atomic mass is 32.2. The van der Waals surface area contributed by atoms with E-state index in [1.54, 1.807) is 6.20 Å². The summed E-state index contributed by atoms with van der Waals surface area (Å²) in [6.45, 7) is 1.11. The predicted octanol–water partition coefficient (Wildman–Crippen LogP) is 4.90. The third-order valence-electron chi connectivity index (χ3n) is 7.63. The zero-order chi connectivity index (χ0) is 29.0. The summed E-state index contributed by atoms with van der Waals surface area (Å²) >= 11 is 0. The van der Waals surface area contributed by atoms with Crippen molar-refractivity contribution in [2.24, 2.45) is 0 Å². The highest BCUT2D eigenvalue weighted by molar-refractivity contribution is 7.91. The van der Waals surface area contributed by atoms with Crippen molar-refractivity contribution >= 4 is 21.7 Å². The molecule has 2 aromatic carbocycles. The third-order valence-corrected chi connectivity index (χ3v) is 9.28. The summed E-state index contributed by atoms with van der Waals surface area (Å²) in [5.41, 5.74) is 1.21. The molecule has 0 saturated carbocycles. The predicted molar refractivity (Wildman–Crippen MR) is 140 cm³/mol. The molecule has 6 rings (SSSR count). The molecule has 0 radical (unpaired) electrons. The summed E-state index contributed by atoms with van der Waals surface area (Å²) in [4.78, 5) is 17.6. The number of hydrogen-bond acceptors (Lipinski definition) is 6. The van der Waals surface area contributed by atoms with Crippen LogP contribution in [0.3, 0.4) is 0 Å². The Balaban J connectivity index is 1.54. The standard InChI is InChI=1S/C29H22F4N4O3S/c30-21-6-4-17(5-7-21)27(38)26-23(28-14-18-15-35-37-24(18)13-19(28)10-11-34-16-28)8-9-25(36-26)41(39,40)22-3-1-2-20(12-22)29(31,32)33/h1-9,12-13,15,34H,10-11,14,16H2,(H,35,37)/t28-/m1/s1. The molecule has 0 spiro atoms. The van der Waals surface area contributed by atoms with Gasteiger partial charge in [-0.05, 0) is 85.1 Å². The van der Waals surface area contributed by atoms with Crippen molar-refractivity contribution in [1.29, 1.82) is 0 Å². The Bertz CT molecular complexity index is 1810. The topological polar surface area (TPSA) is 105 Å². The molecule has 1 saturated heterocycles. The first-order chi connectivity index (χ1) is 19.5. The smallest absolute Gasteiger partial charge is 0.315 e. The van der Waals surface area contributed by atoms with Crippen LogP contribution in [0.2, 0.25) is 0 Å². The van der Waals surface area contributed by atoms with E-state index in [2.05, 4.69) is 20.5 Å². The number of alkyl halides is 3. The fourth-order valence-electron chi connectivity index (χ4n) is 5.56. The molecule has 3 heterocycles. The first-order valence-electron chi connectivity index (χ1n) is 12.7. The van der Waals surface area contributed by atoms with Crippen LogP contribution >= 0.6 is 0 Å². The van der Waals surface area contributed by atoms with Crippen molar-refractivity contribution in [2.45, 2.75) is 34.4 Å². The van der Waals surface area contributed by atoms with E-state index in [1.165, 1.54) is 24.3 Å². The number of aromatic nitrogens is 3.